The maximum Gasteiger partial charge on any atom is 0.419 e. The van der Waals surface area contributed by atoms with Gasteiger partial charge in [0, 0.05) is 18.0 Å². The van der Waals surface area contributed by atoms with Gasteiger partial charge in [-0.3, -0.25) is 24.2 Å². The van der Waals surface area contributed by atoms with Crippen molar-refractivity contribution in [2.75, 3.05) is 0 Å². The zero-order valence-electron chi connectivity index (χ0n) is 16.8. The van der Waals surface area contributed by atoms with E-state index in [-0.39, 0.29) is 11.5 Å². The van der Waals surface area contributed by atoms with Gasteiger partial charge in [0.25, 0.3) is 11.8 Å². The average molecular weight is 417 g/mol. The van der Waals surface area contributed by atoms with Gasteiger partial charge >= 0.3 is 12.1 Å². The molecule has 3 rings (SSSR count). The molecule has 10 heteroatoms. The molecule has 1 fully saturated rings. The number of fused-ring (bicyclic) bond motifs is 1. The van der Waals surface area contributed by atoms with Crippen LogP contribution in [-0.2, 0) is 30.3 Å². The number of para-hydroxylation sites is 1. The van der Waals surface area contributed by atoms with E-state index < -0.39 is 48.0 Å². The predicted octanol–water partition coefficient (Wildman–Crippen LogP) is 1.35. The van der Waals surface area contributed by atoms with Crippen LogP contribution in [0.3, 0.4) is 0 Å². The third-order valence-electron chi connectivity index (χ3n) is 4.47. The molecule has 2 heterocycles. The van der Waals surface area contributed by atoms with Crippen LogP contribution in [0.1, 0.15) is 32.8 Å². The summed E-state index contributed by atoms with van der Waals surface area (Å²) in [6.45, 7) is 5.27. The van der Waals surface area contributed by atoms with Crippen LogP contribution in [0.15, 0.2) is 30.5 Å². The molecule has 2 amide bonds. The molecular formula is C20H23N3O7. The van der Waals surface area contributed by atoms with Crippen LogP contribution in [0.4, 0.5) is 4.79 Å². The van der Waals surface area contributed by atoms with Crippen molar-refractivity contribution >= 4 is 34.8 Å². The second kappa shape index (κ2) is 7.88. The number of ether oxygens (including phenoxy) is 2. The van der Waals surface area contributed by atoms with Gasteiger partial charge in [0.2, 0.25) is 0 Å². The summed E-state index contributed by atoms with van der Waals surface area (Å²) in [5.41, 5.74) is 6.46. The van der Waals surface area contributed by atoms with Crippen LogP contribution in [0.5, 0.6) is 0 Å². The summed E-state index contributed by atoms with van der Waals surface area (Å²) in [4.78, 5) is 47.9. The van der Waals surface area contributed by atoms with Crippen molar-refractivity contribution in [2.24, 2.45) is 5.73 Å². The quantitative estimate of drug-likeness (QED) is 0.431. The summed E-state index contributed by atoms with van der Waals surface area (Å²) in [6, 6.07) is 5.93. The molecule has 1 aromatic carbocycles. The first kappa shape index (κ1) is 21.5. The van der Waals surface area contributed by atoms with Crippen molar-refractivity contribution in [2.45, 2.75) is 51.4 Å². The number of rotatable bonds is 4. The van der Waals surface area contributed by atoms with Gasteiger partial charge in [0.1, 0.15) is 11.6 Å². The Morgan fingerprint density at radius 3 is 2.53 bits per heavy atom. The highest BCUT2D eigenvalue weighted by molar-refractivity contribution is 6.04. The number of benzene rings is 1. The highest BCUT2D eigenvalue weighted by atomic mass is 16.6. The SMILES string of the molecule is CC(C)(C)OC(=O)n1cc(CC(N)C(=O)OC2CC(=O)N(O)C2=O)c2ccccc21. The van der Waals surface area contributed by atoms with E-state index in [0.717, 1.165) is 0 Å². The van der Waals surface area contributed by atoms with E-state index >= 15 is 0 Å². The Hall–Kier alpha value is -3.24. The van der Waals surface area contributed by atoms with E-state index in [1.165, 1.54) is 4.57 Å². The number of hydrogen-bond donors (Lipinski definition) is 2. The summed E-state index contributed by atoms with van der Waals surface area (Å²) in [6.07, 6.45) is -0.840. The molecule has 2 atom stereocenters. The van der Waals surface area contributed by atoms with Gasteiger partial charge in [-0.1, -0.05) is 18.2 Å². The summed E-state index contributed by atoms with van der Waals surface area (Å²) in [5.74, 6) is -2.76. The second-order valence-corrected chi connectivity index (χ2v) is 8.01. The minimum atomic E-state index is -1.40. The number of amides is 2. The molecule has 0 bridgehead atoms. The molecule has 2 aromatic rings. The lowest BCUT2D eigenvalue weighted by atomic mass is 10.1. The van der Waals surface area contributed by atoms with Gasteiger partial charge in [-0.25, -0.2) is 4.79 Å². The third kappa shape index (κ3) is 4.34. The molecule has 10 nitrogen and oxygen atoms in total. The zero-order chi connectivity index (χ0) is 22.2. The lowest BCUT2D eigenvalue weighted by Crippen LogP contribution is -2.39. The average Bonchev–Trinajstić information content (AvgIpc) is 3.14. The third-order valence-corrected chi connectivity index (χ3v) is 4.47. The number of hydrogen-bond acceptors (Lipinski definition) is 8. The Kier molecular flexibility index (Phi) is 5.64. The van der Waals surface area contributed by atoms with Crippen LogP contribution in [-0.4, -0.2) is 56.5 Å². The molecule has 0 saturated carbocycles. The van der Waals surface area contributed by atoms with E-state index in [1.54, 1.807) is 51.2 Å². The van der Waals surface area contributed by atoms with Gasteiger partial charge in [-0.15, -0.1) is 0 Å². The molecule has 1 aliphatic heterocycles. The first-order chi connectivity index (χ1) is 14.0. The number of nitrogens with two attached hydrogens (primary N) is 1. The number of carbonyl (C=O) groups excluding carboxylic acids is 4. The number of esters is 1. The summed E-state index contributed by atoms with van der Waals surface area (Å²) < 4.78 is 11.8. The topological polar surface area (TPSA) is 141 Å². The van der Waals surface area contributed by atoms with E-state index in [4.69, 9.17) is 15.2 Å². The van der Waals surface area contributed by atoms with E-state index in [2.05, 4.69) is 0 Å². The predicted molar refractivity (Wildman–Crippen MR) is 103 cm³/mol. The second-order valence-electron chi connectivity index (χ2n) is 8.01. The van der Waals surface area contributed by atoms with Crippen LogP contribution >= 0.6 is 0 Å². The number of hydroxylamine groups is 2. The van der Waals surface area contributed by atoms with Gasteiger partial charge < -0.3 is 15.2 Å². The van der Waals surface area contributed by atoms with Crippen molar-refractivity contribution in [1.29, 1.82) is 0 Å². The zero-order valence-corrected chi connectivity index (χ0v) is 16.8. The van der Waals surface area contributed by atoms with Gasteiger partial charge in [0.15, 0.2) is 6.10 Å². The maximum absolute atomic E-state index is 12.6. The fraction of sp³-hybridized carbons (Fsp3) is 0.400. The highest BCUT2D eigenvalue weighted by Gasteiger charge is 2.41. The fourth-order valence-corrected chi connectivity index (χ4v) is 3.11. The van der Waals surface area contributed by atoms with Crippen LogP contribution in [0, 0.1) is 0 Å². The first-order valence-corrected chi connectivity index (χ1v) is 9.32. The first-order valence-electron chi connectivity index (χ1n) is 9.32. The molecule has 1 aliphatic rings. The lowest BCUT2D eigenvalue weighted by Gasteiger charge is -2.19. The molecule has 160 valence electrons. The number of carbonyl (C=O) groups is 4. The summed E-state index contributed by atoms with van der Waals surface area (Å²) in [5, 5.41) is 9.88. The lowest BCUT2D eigenvalue weighted by molar-refractivity contribution is -0.176. The van der Waals surface area contributed by atoms with E-state index in [1.807, 2.05) is 0 Å². The summed E-state index contributed by atoms with van der Waals surface area (Å²) >= 11 is 0. The molecule has 0 aliphatic carbocycles. The number of aromatic nitrogens is 1. The smallest absolute Gasteiger partial charge is 0.419 e. The van der Waals surface area contributed by atoms with Gasteiger partial charge in [-0.05, 0) is 32.4 Å². The summed E-state index contributed by atoms with van der Waals surface area (Å²) in [7, 11) is 0. The molecule has 0 spiro atoms. The Labute approximate surface area is 172 Å². The Balaban J connectivity index is 1.78. The minimum absolute atomic E-state index is 0.0207. The number of nitrogens with zero attached hydrogens (tertiary/aromatic N) is 2. The van der Waals surface area contributed by atoms with Crippen molar-refractivity contribution < 1.29 is 33.9 Å². The molecule has 30 heavy (non-hydrogen) atoms. The van der Waals surface area contributed by atoms with Crippen molar-refractivity contribution in [1.82, 2.24) is 9.63 Å². The molecule has 1 saturated heterocycles. The molecule has 2 unspecified atom stereocenters. The molecule has 1 aromatic heterocycles. The largest absolute Gasteiger partial charge is 0.450 e. The molecule has 0 radical (unpaired) electrons. The maximum atomic E-state index is 12.6. The number of imide groups is 1. The molecule has 3 N–H and O–H groups in total. The van der Waals surface area contributed by atoms with Crippen molar-refractivity contribution in [3.05, 3.63) is 36.0 Å². The van der Waals surface area contributed by atoms with E-state index in [9.17, 15) is 24.4 Å². The Bertz CT molecular complexity index is 1020. The van der Waals surface area contributed by atoms with Crippen LogP contribution in [0.2, 0.25) is 0 Å². The minimum Gasteiger partial charge on any atom is -0.450 e. The standard InChI is InChI=1S/C20H23N3O7/c1-20(2,3)30-19(27)22-10-11(12-6-4-5-7-14(12)22)8-13(21)18(26)29-15-9-16(24)23(28)17(15)25/h4-7,10,13,15,28H,8-9,21H2,1-3H3. The van der Waals surface area contributed by atoms with E-state index in [0.29, 0.717) is 16.5 Å². The normalized spacial score (nSPS) is 18.0. The van der Waals surface area contributed by atoms with Crippen LogP contribution in [0.25, 0.3) is 10.9 Å². The van der Waals surface area contributed by atoms with Crippen LogP contribution < -0.4 is 5.73 Å². The van der Waals surface area contributed by atoms with Crippen molar-refractivity contribution in [3.8, 4) is 0 Å². The Morgan fingerprint density at radius 1 is 1.27 bits per heavy atom. The highest BCUT2D eigenvalue weighted by Crippen LogP contribution is 2.24. The fourth-order valence-electron chi connectivity index (χ4n) is 3.11. The Morgan fingerprint density at radius 2 is 1.93 bits per heavy atom. The van der Waals surface area contributed by atoms with Gasteiger partial charge in [-0.2, -0.15) is 5.06 Å². The monoisotopic (exact) mass is 417 g/mol. The van der Waals surface area contributed by atoms with Gasteiger partial charge in [0.05, 0.1) is 11.9 Å². The van der Waals surface area contributed by atoms with Crippen molar-refractivity contribution in [3.63, 3.8) is 0 Å². The molecular weight excluding hydrogens is 394 g/mol.